The van der Waals surface area contributed by atoms with E-state index < -0.39 is 0 Å². The predicted molar refractivity (Wildman–Crippen MR) is 118 cm³/mol. The van der Waals surface area contributed by atoms with Gasteiger partial charge in [0, 0.05) is 23.7 Å². The van der Waals surface area contributed by atoms with Crippen molar-refractivity contribution in [1.82, 2.24) is 14.9 Å². The number of imidazole rings is 1. The molecule has 2 unspecified atom stereocenters. The minimum absolute atomic E-state index is 0.221. The van der Waals surface area contributed by atoms with Gasteiger partial charge in [-0.15, -0.1) is 11.8 Å². The van der Waals surface area contributed by atoms with Crippen molar-refractivity contribution in [1.29, 1.82) is 0 Å². The fraction of sp³-hybridized carbons (Fsp3) is 0.435. The summed E-state index contributed by atoms with van der Waals surface area (Å²) in [5.41, 5.74) is 3.08. The fourth-order valence-electron chi connectivity index (χ4n) is 3.70. The topological polar surface area (TPSA) is 61.4 Å². The Bertz CT molecular complexity index is 902. The number of ether oxygens (including phenoxy) is 1. The number of nitrogens with one attached hydrogen (secondary N) is 1. The van der Waals surface area contributed by atoms with Gasteiger partial charge in [-0.2, -0.15) is 0 Å². The van der Waals surface area contributed by atoms with Crippen LogP contribution < -0.4 is 0 Å². The molecule has 0 aliphatic carbocycles. The number of likely N-dealkylation sites (tertiary alicyclic amines) is 1. The van der Waals surface area contributed by atoms with Crippen molar-refractivity contribution in [3.8, 4) is 0 Å². The van der Waals surface area contributed by atoms with E-state index in [2.05, 4.69) is 41.2 Å². The molecule has 2 heterocycles. The van der Waals surface area contributed by atoms with Crippen LogP contribution in [0.25, 0.3) is 11.0 Å². The zero-order valence-electron chi connectivity index (χ0n) is 17.0. The van der Waals surface area contributed by atoms with Gasteiger partial charge in [-0.05, 0) is 56.6 Å². The van der Waals surface area contributed by atoms with Crippen LogP contribution in [0, 0.1) is 0 Å². The van der Waals surface area contributed by atoms with Gasteiger partial charge in [0.25, 0.3) is 0 Å². The van der Waals surface area contributed by atoms with E-state index in [-0.39, 0.29) is 18.3 Å². The summed E-state index contributed by atoms with van der Waals surface area (Å²) in [5.74, 6) is 1.52. The standard InChI is InChI=1S/C23H29N3O2S/c1-16(27)15-29-19-7-5-6-17(14-19)22(28-18-10-12-26(2)13-11-18)23-24-20-8-3-4-9-21(20)25-23/h3-9,14,16,18,22,27H,10-13,15H2,1-2H3,(H,24,25). The molecule has 1 fully saturated rings. The molecule has 0 bridgehead atoms. The van der Waals surface area contributed by atoms with Crippen LogP contribution in [0.15, 0.2) is 53.4 Å². The Kier molecular flexibility index (Phi) is 6.55. The number of hydrogen-bond acceptors (Lipinski definition) is 5. The lowest BCUT2D eigenvalue weighted by atomic mass is 10.1. The van der Waals surface area contributed by atoms with Crippen molar-refractivity contribution in [2.24, 2.45) is 0 Å². The molecule has 0 saturated carbocycles. The van der Waals surface area contributed by atoms with E-state index in [1.807, 2.05) is 31.2 Å². The largest absolute Gasteiger partial charge is 0.393 e. The molecule has 0 radical (unpaired) electrons. The average molecular weight is 412 g/mol. The third kappa shape index (κ3) is 5.20. The van der Waals surface area contributed by atoms with Gasteiger partial charge in [0.2, 0.25) is 0 Å². The summed E-state index contributed by atoms with van der Waals surface area (Å²) in [6.07, 6.45) is 1.72. The van der Waals surface area contributed by atoms with Crippen molar-refractivity contribution in [3.05, 3.63) is 59.9 Å². The third-order valence-electron chi connectivity index (χ3n) is 5.30. The minimum Gasteiger partial charge on any atom is -0.393 e. The Labute approximate surface area is 176 Å². The molecule has 0 spiro atoms. The normalized spacial score (nSPS) is 18.2. The van der Waals surface area contributed by atoms with Crippen molar-refractivity contribution < 1.29 is 9.84 Å². The lowest BCUT2D eigenvalue weighted by Gasteiger charge is -2.31. The number of aliphatic hydroxyl groups is 1. The molecule has 154 valence electrons. The zero-order chi connectivity index (χ0) is 20.2. The Morgan fingerprint density at radius 3 is 2.76 bits per heavy atom. The molecule has 2 N–H and O–H groups in total. The maximum atomic E-state index is 9.62. The molecule has 2 aromatic carbocycles. The number of aliphatic hydroxyl groups excluding tert-OH is 1. The number of hydrogen-bond donors (Lipinski definition) is 2. The number of rotatable bonds is 7. The quantitative estimate of drug-likeness (QED) is 0.570. The Morgan fingerprint density at radius 2 is 2.00 bits per heavy atom. The third-order valence-corrected chi connectivity index (χ3v) is 6.54. The smallest absolute Gasteiger partial charge is 0.141 e. The fourth-order valence-corrected chi connectivity index (χ4v) is 4.52. The molecule has 0 amide bonds. The number of para-hydroxylation sites is 2. The van der Waals surface area contributed by atoms with Crippen LogP contribution >= 0.6 is 11.8 Å². The number of nitrogens with zero attached hydrogens (tertiary/aromatic N) is 2. The first-order chi connectivity index (χ1) is 14.1. The van der Waals surface area contributed by atoms with Crippen molar-refractivity contribution >= 4 is 22.8 Å². The summed E-state index contributed by atoms with van der Waals surface area (Å²) < 4.78 is 6.64. The lowest BCUT2D eigenvalue weighted by Crippen LogP contribution is -2.35. The second-order valence-corrected chi connectivity index (χ2v) is 8.98. The molecule has 1 aliphatic rings. The van der Waals surface area contributed by atoms with Crippen LogP contribution in [0.5, 0.6) is 0 Å². The van der Waals surface area contributed by atoms with Gasteiger partial charge in [-0.25, -0.2) is 4.98 Å². The van der Waals surface area contributed by atoms with E-state index in [9.17, 15) is 5.11 Å². The maximum absolute atomic E-state index is 9.62. The van der Waals surface area contributed by atoms with Crippen LogP contribution in [0.2, 0.25) is 0 Å². The maximum Gasteiger partial charge on any atom is 0.141 e. The van der Waals surface area contributed by atoms with Crippen molar-refractivity contribution in [2.75, 3.05) is 25.9 Å². The van der Waals surface area contributed by atoms with E-state index >= 15 is 0 Å². The number of H-pyrrole nitrogens is 1. The number of thioether (sulfide) groups is 1. The molecule has 1 aromatic heterocycles. The van der Waals surface area contributed by atoms with Crippen LogP contribution in [0.1, 0.15) is 37.3 Å². The molecule has 3 aromatic rings. The van der Waals surface area contributed by atoms with Gasteiger partial charge < -0.3 is 19.7 Å². The highest BCUT2D eigenvalue weighted by Crippen LogP contribution is 2.32. The molecule has 29 heavy (non-hydrogen) atoms. The van der Waals surface area contributed by atoms with Gasteiger partial charge in [-0.3, -0.25) is 0 Å². The summed E-state index contributed by atoms with van der Waals surface area (Å²) in [6.45, 7) is 3.93. The van der Waals surface area contributed by atoms with E-state index in [1.165, 1.54) is 0 Å². The minimum atomic E-state index is -0.328. The van der Waals surface area contributed by atoms with E-state index in [0.717, 1.165) is 53.2 Å². The van der Waals surface area contributed by atoms with E-state index in [1.54, 1.807) is 11.8 Å². The summed E-state index contributed by atoms with van der Waals surface area (Å²) in [6, 6.07) is 16.5. The Hall–Kier alpha value is -1.86. The highest BCUT2D eigenvalue weighted by Gasteiger charge is 2.26. The number of fused-ring (bicyclic) bond motifs is 1. The average Bonchev–Trinajstić information content (AvgIpc) is 3.16. The summed E-state index contributed by atoms with van der Waals surface area (Å²) in [5, 5.41) is 9.62. The number of aromatic amines is 1. The summed E-state index contributed by atoms with van der Waals surface area (Å²) in [4.78, 5) is 11.8. The number of piperidine rings is 1. The first kappa shape index (κ1) is 20.4. The van der Waals surface area contributed by atoms with Crippen LogP contribution in [-0.2, 0) is 4.74 Å². The molecule has 1 aliphatic heterocycles. The summed E-state index contributed by atoms with van der Waals surface area (Å²) >= 11 is 1.66. The van der Waals surface area contributed by atoms with Gasteiger partial charge in [0.15, 0.2) is 0 Å². The molecule has 1 saturated heterocycles. The molecule has 5 nitrogen and oxygen atoms in total. The van der Waals surface area contributed by atoms with Crippen LogP contribution in [-0.4, -0.2) is 58.1 Å². The first-order valence-electron chi connectivity index (χ1n) is 10.3. The predicted octanol–water partition coefficient (Wildman–Crippen LogP) is 4.24. The van der Waals surface area contributed by atoms with Crippen molar-refractivity contribution in [2.45, 2.75) is 43.0 Å². The molecular weight excluding hydrogens is 382 g/mol. The Morgan fingerprint density at radius 1 is 1.21 bits per heavy atom. The molecule has 2 atom stereocenters. The van der Waals surface area contributed by atoms with Crippen LogP contribution in [0.3, 0.4) is 0 Å². The highest BCUT2D eigenvalue weighted by atomic mass is 32.2. The monoisotopic (exact) mass is 411 g/mol. The van der Waals surface area contributed by atoms with Gasteiger partial charge in [0.1, 0.15) is 11.9 Å². The van der Waals surface area contributed by atoms with Crippen LogP contribution in [0.4, 0.5) is 0 Å². The zero-order valence-corrected chi connectivity index (χ0v) is 17.9. The Balaban J connectivity index is 1.63. The molecule has 4 rings (SSSR count). The summed E-state index contributed by atoms with van der Waals surface area (Å²) in [7, 11) is 2.16. The highest BCUT2D eigenvalue weighted by molar-refractivity contribution is 7.99. The van der Waals surface area contributed by atoms with Crippen molar-refractivity contribution in [3.63, 3.8) is 0 Å². The van der Waals surface area contributed by atoms with Gasteiger partial charge in [0.05, 0.1) is 23.2 Å². The van der Waals surface area contributed by atoms with Gasteiger partial charge >= 0.3 is 0 Å². The van der Waals surface area contributed by atoms with E-state index in [0.29, 0.717) is 5.75 Å². The first-order valence-corrected chi connectivity index (χ1v) is 11.3. The number of benzene rings is 2. The number of aromatic nitrogens is 2. The molecule has 6 heteroatoms. The van der Waals surface area contributed by atoms with E-state index in [4.69, 9.17) is 9.72 Å². The lowest BCUT2D eigenvalue weighted by molar-refractivity contribution is -0.0264. The second kappa shape index (κ2) is 9.30. The SMILES string of the molecule is CC(O)CSc1cccc(C(OC2CCN(C)CC2)c2nc3ccccc3[nH]2)c1. The van der Waals surface area contributed by atoms with Gasteiger partial charge in [-0.1, -0.05) is 24.3 Å². The second-order valence-electron chi connectivity index (χ2n) is 7.89. The molecular formula is C23H29N3O2S.